The van der Waals surface area contributed by atoms with E-state index in [4.69, 9.17) is 4.98 Å². The Balaban J connectivity index is 1.29. The topological polar surface area (TPSA) is 50.2 Å². The van der Waals surface area contributed by atoms with Crippen LogP contribution in [-0.4, -0.2) is 34.6 Å². The van der Waals surface area contributed by atoms with Crippen LogP contribution in [0.5, 0.6) is 0 Å². The first-order valence-corrected chi connectivity index (χ1v) is 12.7. The van der Waals surface area contributed by atoms with Gasteiger partial charge in [0.05, 0.1) is 17.6 Å². The second kappa shape index (κ2) is 9.98. The zero-order valence-corrected chi connectivity index (χ0v) is 19.8. The van der Waals surface area contributed by atoms with Crippen molar-refractivity contribution in [2.75, 3.05) is 18.0 Å². The Kier molecular flexibility index (Phi) is 6.65. The molecule has 1 aromatic heterocycles. The lowest BCUT2D eigenvalue weighted by atomic mass is 9.95. The number of piperidine rings is 1. The summed E-state index contributed by atoms with van der Waals surface area (Å²) in [6, 6.07) is 17.5. The molecule has 2 fully saturated rings. The van der Waals surface area contributed by atoms with Crippen molar-refractivity contribution in [3.63, 3.8) is 0 Å². The van der Waals surface area contributed by atoms with Gasteiger partial charge >= 0.3 is 0 Å². The molecule has 2 aliphatic rings. The van der Waals surface area contributed by atoms with Crippen molar-refractivity contribution in [3.8, 4) is 0 Å². The number of fused-ring (bicyclic) bond motifs is 1. The van der Waals surface area contributed by atoms with Crippen LogP contribution >= 0.6 is 0 Å². The lowest BCUT2D eigenvalue weighted by molar-refractivity contribution is -0.126. The van der Waals surface area contributed by atoms with E-state index in [-0.39, 0.29) is 11.8 Å². The van der Waals surface area contributed by atoms with Gasteiger partial charge in [0, 0.05) is 25.0 Å². The smallest absolute Gasteiger partial charge is 0.223 e. The van der Waals surface area contributed by atoms with Crippen LogP contribution in [0.4, 0.5) is 5.95 Å². The summed E-state index contributed by atoms with van der Waals surface area (Å²) < 4.78 is 2.34. The molecule has 5 rings (SSSR count). The van der Waals surface area contributed by atoms with Crippen LogP contribution in [0.1, 0.15) is 62.5 Å². The van der Waals surface area contributed by atoms with E-state index in [1.54, 1.807) is 0 Å². The van der Waals surface area contributed by atoms with Crippen molar-refractivity contribution in [1.82, 2.24) is 14.9 Å². The van der Waals surface area contributed by atoms with Gasteiger partial charge < -0.3 is 14.8 Å². The Labute approximate surface area is 197 Å². The zero-order valence-electron chi connectivity index (χ0n) is 19.8. The van der Waals surface area contributed by atoms with E-state index in [2.05, 4.69) is 70.2 Å². The van der Waals surface area contributed by atoms with Crippen LogP contribution in [0.15, 0.2) is 48.5 Å². The number of hydrogen-bond acceptors (Lipinski definition) is 3. The molecule has 3 aromatic rings. The third-order valence-corrected chi connectivity index (χ3v) is 7.45. The minimum absolute atomic E-state index is 0.124. The van der Waals surface area contributed by atoms with Gasteiger partial charge in [-0.25, -0.2) is 4.98 Å². The molecular formula is C28H36N4O. The normalized spacial score (nSPS) is 18.4. The predicted octanol–water partition coefficient (Wildman–Crippen LogP) is 5.45. The van der Waals surface area contributed by atoms with Gasteiger partial charge in [-0.3, -0.25) is 4.79 Å². The average molecular weight is 445 g/mol. The zero-order chi connectivity index (χ0) is 22.6. The molecule has 0 bridgehead atoms. The van der Waals surface area contributed by atoms with Gasteiger partial charge in [0.25, 0.3) is 0 Å². The molecule has 174 valence electrons. The Bertz CT molecular complexity index is 1070. The number of nitrogens with one attached hydrogen (secondary N) is 1. The van der Waals surface area contributed by atoms with Crippen molar-refractivity contribution >= 4 is 22.9 Å². The number of rotatable bonds is 5. The average Bonchev–Trinajstić information content (AvgIpc) is 3.00. The SMILES string of the molecule is Cc1ccc(Cn2c(N3CCC(C(=O)NC4CCCCCC4)CC3)nc3ccccc32)cc1. The van der Waals surface area contributed by atoms with Crippen molar-refractivity contribution in [3.05, 3.63) is 59.7 Å². The highest BCUT2D eigenvalue weighted by molar-refractivity contribution is 5.80. The molecule has 5 nitrogen and oxygen atoms in total. The predicted molar refractivity (Wildman–Crippen MR) is 135 cm³/mol. The standard InChI is InChI=1S/C28H36N4O/c1-21-12-14-22(15-13-21)20-32-26-11-7-6-10-25(26)30-28(32)31-18-16-23(17-19-31)27(33)29-24-8-4-2-3-5-9-24/h6-7,10-15,23-24H,2-5,8-9,16-20H2,1H3,(H,29,33). The molecule has 0 atom stereocenters. The number of aromatic nitrogens is 2. The maximum absolute atomic E-state index is 12.9. The van der Waals surface area contributed by atoms with E-state index >= 15 is 0 Å². The number of carbonyl (C=O) groups is 1. The molecule has 1 amide bonds. The number of amides is 1. The van der Waals surface area contributed by atoms with Gasteiger partial charge in [-0.1, -0.05) is 67.6 Å². The van der Waals surface area contributed by atoms with Crippen LogP contribution in [0.2, 0.25) is 0 Å². The quantitative estimate of drug-likeness (QED) is 0.533. The summed E-state index contributed by atoms with van der Waals surface area (Å²) in [5.41, 5.74) is 4.76. The second-order valence-corrected chi connectivity index (χ2v) is 9.93. The summed E-state index contributed by atoms with van der Waals surface area (Å²) in [5.74, 6) is 1.42. The highest BCUT2D eigenvalue weighted by atomic mass is 16.1. The van der Waals surface area contributed by atoms with E-state index in [1.165, 1.54) is 42.3 Å². The molecule has 2 aromatic carbocycles. The van der Waals surface area contributed by atoms with E-state index in [1.807, 2.05) is 0 Å². The molecule has 1 N–H and O–H groups in total. The molecule has 0 radical (unpaired) electrons. The minimum atomic E-state index is 0.124. The van der Waals surface area contributed by atoms with Crippen molar-refractivity contribution in [1.29, 1.82) is 0 Å². The fourth-order valence-electron chi connectivity index (χ4n) is 5.42. The summed E-state index contributed by atoms with van der Waals surface area (Å²) in [6.45, 7) is 4.68. The Morgan fingerprint density at radius 1 is 0.939 bits per heavy atom. The first-order valence-electron chi connectivity index (χ1n) is 12.7. The Morgan fingerprint density at radius 2 is 1.64 bits per heavy atom. The lowest BCUT2D eigenvalue weighted by Crippen LogP contribution is -2.44. The van der Waals surface area contributed by atoms with Crippen LogP contribution in [0, 0.1) is 12.8 Å². The van der Waals surface area contributed by atoms with Gasteiger partial charge in [-0.2, -0.15) is 0 Å². The van der Waals surface area contributed by atoms with E-state index in [0.717, 1.165) is 56.8 Å². The molecule has 5 heteroatoms. The molecule has 0 unspecified atom stereocenters. The first-order chi connectivity index (χ1) is 16.2. The number of para-hydroxylation sites is 2. The van der Waals surface area contributed by atoms with E-state index < -0.39 is 0 Å². The number of carbonyl (C=O) groups excluding carboxylic acids is 1. The minimum Gasteiger partial charge on any atom is -0.353 e. The molecule has 0 spiro atoms. The van der Waals surface area contributed by atoms with Gasteiger partial charge in [-0.15, -0.1) is 0 Å². The fraction of sp³-hybridized carbons (Fsp3) is 0.500. The molecule has 33 heavy (non-hydrogen) atoms. The van der Waals surface area contributed by atoms with Crippen molar-refractivity contribution < 1.29 is 4.79 Å². The third-order valence-electron chi connectivity index (χ3n) is 7.45. The number of imidazole rings is 1. The monoisotopic (exact) mass is 444 g/mol. The summed E-state index contributed by atoms with van der Waals surface area (Å²) in [5, 5.41) is 3.37. The molecule has 1 aliphatic heterocycles. The van der Waals surface area contributed by atoms with Crippen LogP contribution in [-0.2, 0) is 11.3 Å². The summed E-state index contributed by atoms with van der Waals surface area (Å²) >= 11 is 0. The lowest BCUT2D eigenvalue weighted by Gasteiger charge is -2.33. The number of benzene rings is 2. The van der Waals surface area contributed by atoms with Crippen LogP contribution < -0.4 is 10.2 Å². The fourth-order valence-corrected chi connectivity index (χ4v) is 5.42. The van der Waals surface area contributed by atoms with Gasteiger partial charge in [0.1, 0.15) is 0 Å². The Hall–Kier alpha value is -2.82. The van der Waals surface area contributed by atoms with Gasteiger partial charge in [-0.05, 0) is 50.3 Å². The van der Waals surface area contributed by atoms with Crippen LogP contribution in [0.25, 0.3) is 11.0 Å². The summed E-state index contributed by atoms with van der Waals surface area (Å²) in [7, 11) is 0. The van der Waals surface area contributed by atoms with E-state index in [9.17, 15) is 4.79 Å². The second-order valence-electron chi connectivity index (χ2n) is 9.93. The highest BCUT2D eigenvalue weighted by Gasteiger charge is 2.29. The van der Waals surface area contributed by atoms with E-state index in [0.29, 0.717) is 6.04 Å². The number of hydrogen-bond donors (Lipinski definition) is 1. The maximum atomic E-state index is 12.9. The van der Waals surface area contributed by atoms with Crippen LogP contribution in [0.3, 0.4) is 0 Å². The molecule has 1 aliphatic carbocycles. The summed E-state index contributed by atoms with van der Waals surface area (Å²) in [4.78, 5) is 20.3. The van der Waals surface area contributed by atoms with Gasteiger partial charge in [0.15, 0.2) is 0 Å². The van der Waals surface area contributed by atoms with Crippen molar-refractivity contribution in [2.45, 2.75) is 70.9 Å². The Morgan fingerprint density at radius 3 is 2.36 bits per heavy atom. The van der Waals surface area contributed by atoms with Gasteiger partial charge in [0.2, 0.25) is 11.9 Å². The summed E-state index contributed by atoms with van der Waals surface area (Å²) in [6.07, 6.45) is 9.21. The maximum Gasteiger partial charge on any atom is 0.223 e. The highest BCUT2D eigenvalue weighted by Crippen LogP contribution is 2.28. The van der Waals surface area contributed by atoms with Crippen molar-refractivity contribution in [2.24, 2.45) is 5.92 Å². The number of nitrogens with zero attached hydrogens (tertiary/aromatic N) is 3. The number of anilines is 1. The molecule has 1 saturated carbocycles. The largest absolute Gasteiger partial charge is 0.353 e. The molecule has 2 heterocycles. The first kappa shape index (κ1) is 22.0. The number of aryl methyl sites for hydroxylation is 1. The molecular weight excluding hydrogens is 408 g/mol. The third kappa shape index (κ3) is 5.07. The molecule has 1 saturated heterocycles.